The summed E-state index contributed by atoms with van der Waals surface area (Å²) in [4.78, 5) is 12.5. The molecule has 6 heteroatoms. The third-order valence-electron chi connectivity index (χ3n) is 4.96. The number of urea groups is 1. The molecule has 128 valence electrons. The molecule has 1 fully saturated rings. The summed E-state index contributed by atoms with van der Waals surface area (Å²) in [7, 11) is 0. The lowest BCUT2D eigenvalue weighted by molar-refractivity contribution is 0.00969. The summed E-state index contributed by atoms with van der Waals surface area (Å²) < 4.78 is 5.07. The minimum atomic E-state index is -0.321. The van der Waals surface area contributed by atoms with Gasteiger partial charge >= 0.3 is 6.03 Å². The Labute approximate surface area is 141 Å². The molecule has 1 aliphatic rings. The van der Waals surface area contributed by atoms with E-state index in [-0.39, 0.29) is 24.1 Å². The van der Waals surface area contributed by atoms with Gasteiger partial charge in [-0.1, -0.05) is 41.9 Å². The quantitative estimate of drug-likeness (QED) is 0.785. The smallest absolute Gasteiger partial charge is 0.319 e. The van der Waals surface area contributed by atoms with Crippen molar-refractivity contribution in [1.82, 2.24) is 10.5 Å². The number of carbonyl (C=O) groups excluding carboxylic acids is 1. The fourth-order valence-electron chi connectivity index (χ4n) is 3.35. The molecule has 0 saturated heterocycles. The highest BCUT2D eigenvalue weighted by atomic mass is 16.5. The second-order valence-electron chi connectivity index (χ2n) is 6.52. The number of rotatable bonds is 5. The topological polar surface area (TPSA) is 87.4 Å². The number of anilines is 1. The van der Waals surface area contributed by atoms with E-state index in [0.29, 0.717) is 17.1 Å². The number of nitrogens with zero attached hydrogens (tertiary/aromatic N) is 1. The molecule has 1 heterocycles. The fourth-order valence-corrected chi connectivity index (χ4v) is 3.35. The molecule has 0 spiro atoms. The molecule has 3 rings (SSSR count). The molecular weight excluding hydrogens is 306 g/mol. The van der Waals surface area contributed by atoms with Crippen LogP contribution in [0, 0.1) is 19.3 Å². The van der Waals surface area contributed by atoms with E-state index in [2.05, 4.69) is 15.8 Å². The molecule has 6 nitrogen and oxygen atoms in total. The van der Waals surface area contributed by atoms with Crippen LogP contribution in [0.15, 0.2) is 34.9 Å². The van der Waals surface area contributed by atoms with E-state index in [4.69, 9.17) is 4.52 Å². The summed E-state index contributed by atoms with van der Waals surface area (Å²) >= 11 is 0. The van der Waals surface area contributed by atoms with Gasteiger partial charge in [-0.2, -0.15) is 0 Å². The van der Waals surface area contributed by atoms with Gasteiger partial charge in [-0.05, 0) is 32.3 Å². The Kier molecular flexibility index (Phi) is 4.57. The number of aliphatic hydroxyl groups is 1. The van der Waals surface area contributed by atoms with Gasteiger partial charge in [-0.15, -0.1) is 0 Å². The number of aliphatic hydroxyl groups excluding tert-OH is 1. The molecule has 1 aromatic heterocycles. The molecule has 1 atom stereocenters. The van der Waals surface area contributed by atoms with Crippen LogP contribution >= 0.6 is 0 Å². The molecule has 0 bridgehead atoms. The second kappa shape index (κ2) is 6.65. The Morgan fingerprint density at radius 2 is 2.04 bits per heavy atom. The van der Waals surface area contributed by atoms with Crippen LogP contribution < -0.4 is 10.6 Å². The zero-order valence-electron chi connectivity index (χ0n) is 14.0. The first-order valence-electron chi connectivity index (χ1n) is 8.22. The lowest BCUT2D eigenvalue weighted by atomic mass is 9.63. The third kappa shape index (κ3) is 3.01. The normalized spacial score (nSPS) is 17.0. The zero-order chi connectivity index (χ0) is 17.2. The summed E-state index contributed by atoms with van der Waals surface area (Å²) in [5.41, 5.74) is 1.93. The van der Waals surface area contributed by atoms with Crippen molar-refractivity contribution in [1.29, 1.82) is 0 Å². The average molecular weight is 329 g/mol. The van der Waals surface area contributed by atoms with Gasteiger partial charge in [0.05, 0.1) is 12.6 Å². The predicted octanol–water partition coefficient (Wildman–Crippen LogP) is 3.32. The van der Waals surface area contributed by atoms with Crippen LogP contribution in [0.3, 0.4) is 0 Å². The second-order valence-corrected chi connectivity index (χ2v) is 6.52. The van der Waals surface area contributed by atoms with E-state index in [1.54, 1.807) is 13.8 Å². The molecule has 0 radical (unpaired) electrons. The molecule has 24 heavy (non-hydrogen) atoms. The molecule has 0 unspecified atom stereocenters. The number of amides is 2. The standard InChI is InChI=1S/C18H23N3O3/c1-12-15(13(2)24-21-12)19-17(23)20-16(14-7-4-3-5-8-14)18(11-22)9-6-10-18/h3-5,7-8,16,22H,6,9-11H2,1-2H3,(H2,19,20,23)/t16-/m1/s1. The maximum Gasteiger partial charge on any atom is 0.319 e. The minimum Gasteiger partial charge on any atom is -0.396 e. The van der Waals surface area contributed by atoms with Gasteiger partial charge in [0.15, 0.2) is 5.76 Å². The van der Waals surface area contributed by atoms with Crippen molar-refractivity contribution < 1.29 is 14.4 Å². The number of hydrogen-bond acceptors (Lipinski definition) is 4. The monoisotopic (exact) mass is 329 g/mol. The summed E-state index contributed by atoms with van der Waals surface area (Å²) in [6.07, 6.45) is 2.86. The van der Waals surface area contributed by atoms with Crippen molar-refractivity contribution in [3.8, 4) is 0 Å². The Morgan fingerprint density at radius 3 is 2.54 bits per heavy atom. The van der Waals surface area contributed by atoms with Crippen molar-refractivity contribution >= 4 is 11.7 Å². The zero-order valence-corrected chi connectivity index (χ0v) is 14.0. The number of aromatic nitrogens is 1. The summed E-state index contributed by atoms with van der Waals surface area (Å²) in [5.74, 6) is 0.569. The Hall–Kier alpha value is -2.34. The highest BCUT2D eigenvalue weighted by Crippen LogP contribution is 2.49. The lowest BCUT2D eigenvalue weighted by Gasteiger charge is -2.46. The highest BCUT2D eigenvalue weighted by Gasteiger charge is 2.45. The number of nitrogens with one attached hydrogen (secondary N) is 2. The van der Waals surface area contributed by atoms with E-state index >= 15 is 0 Å². The van der Waals surface area contributed by atoms with E-state index in [1.165, 1.54) is 0 Å². The molecule has 1 saturated carbocycles. The molecule has 0 aliphatic heterocycles. The van der Waals surface area contributed by atoms with Gasteiger partial charge in [0.2, 0.25) is 0 Å². The fraction of sp³-hybridized carbons (Fsp3) is 0.444. The van der Waals surface area contributed by atoms with Crippen molar-refractivity contribution in [2.24, 2.45) is 5.41 Å². The molecule has 1 aromatic carbocycles. The van der Waals surface area contributed by atoms with E-state index < -0.39 is 0 Å². The first-order chi connectivity index (χ1) is 11.6. The van der Waals surface area contributed by atoms with Crippen LogP contribution in [0.1, 0.15) is 42.3 Å². The first kappa shape index (κ1) is 16.5. The number of carbonyl (C=O) groups is 1. The first-order valence-corrected chi connectivity index (χ1v) is 8.22. The molecule has 3 N–H and O–H groups in total. The minimum absolute atomic E-state index is 0.0537. The van der Waals surface area contributed by atoms with Crippen LogP contribution in [-0.4, -0.2) is 22.9 Å². The Bertz CT molecular complexity index is 683. The molecule has 2 amide bonds. The number of aryl methyl sites for hydroxylation is 2. The average Bonchev–Trinajstić information content (AvgIpc) is 2.86. The predicted molar refractivity (Wildman–Crippen MR) is 90.7 cm³/mol. The number of benzene rings is 1. The SMILES string of the molecule is Cc1noc(C)c1NC(=O)N[C@H](c1ccccc1)C1(CO)CCC1. The van der Waals surface area contributed by atoms with Gasteiger partial charge in [0.25, 0.3) is 0 Å². The van der Waals surface area contributed by atoms with Crippen LogP contribution in [0.25, 0.3) is 0 Å². The van der Waals surface area contributed by atoms with Gasteiger partial charge in [0.1, 0.15) is 11.4 Å². The Morgan fingerprint density at radius 1 is 1.33 bits per heavy atom. The van der Waals surface area contributed by atoms with Gasteiger partial charge < -0.3 is 20.3 Å². The van der Waals surface area contributed by atoms with Crippen molar-refractivity contribution in [2.45, 2.75) is 39.2 Å². The maximum atomic E-state index is 12.5. The van der Waals surface area contributed by atoms with Gasteiger partial charge in [-0.3, -0.25) is 0 Å². The lowest BCUT2D eigenvalue weighted by Crippen LogP contribution is -2.48. The molecular formula is C18H23N3O3. The van der Waals surface area contributed by atoms with E-state index in [1.807, 2.05) is 30.3 Å². The van der Waals surface area contributed by atoms with Gasteiger partial charge in [0, 0.05) is 5.41 Å². The molecule has 1 aliphatic carbocycles. The van der Waals surface area contributed by atoms with Crippen molar-refractivity contribution in [3.05, 3.63) is 47.3 Å². The number of hydrogen-bond donors (Lipinski definition) is 3. The van der Waals surface area contributed by atoms with Crippen LogP contribution in [0.2, 0.25) is 0 Å². The summed E-state index contributed by atoms with van der Waals surface area (Å²) in [6.45, 7) is 3.59. The van der Waals surface area contributed by atoms with Crippen molar-refractivity contribution in [2.75, 3.05) is 11.9 Å². The third-order valence-corrected chi connectivity index (χ3v) is 4.96. The van der Waals surface area contributed by atoms with E-state index in [0.717, 1.165) is 24.8 Å². The molecule has 2 aromatic rings. The summed E-state index contributed by atoms with van der Waals surface area (Å²) in [6, 6.07) is 9.24. The Balaban J connectivity index is 1.81. The maximum absolute atomic E-state index is 12.5. The largest absolute Gasteiger partial charge is 0.396 e. The van der Waals surface area contributed by atoms with Crippen LogP contribution in [0.5, 0.6) is 0 Å². The van der Waals surface area contributed by atoms with E-state index in [9.17, 15) is 9.90 Å². The van der Waals surface area contributed by atoms with Crippen molar-refractivity contribution in [3.63, 3.8) is 0 Å². The van der Waals surface area contributed by atoms with Gasteiger partial charge in [-0.25, -0.2) is 4.79 Å². The van der Waals surface area contributed by atoms with Crippen LogP contribution in [-0.2, 0) is 0 Å². The van der Waals surface area contributed by atoms with Crippen LogP contribution in [0.4, 0.5) is 10.5 Å². The summed E-state index contributed by atoms with van der Waals surface area (Å²) in [5, 5.41) is 19.6. The highest BCUT2D eigenvalue weighted by molar-refractivity contribution is 5.90.